The van der Waals surface area contributed by atoms with E-state index in [-0.39, 0.29) is 24.3 Å². The van der Waals surface area contributed by atoms with Gasteiger partial charge < -0.3 is 15.0 Å². The summed E-state index contributed by atoms with van der Waals surface area (Å²) in [7, 11) is 0. The zero-order valence-corrected chi connectivity index (χ0v) is 9.54. The van der Waals surface area contributed by atoms with E-state index in [1.165, 1.54) is 4.90 Å². The number of aromatic nitrogens is 1. The summed E-state index contributed by atoms with van der Waals surface area (Å²) < 4.78 is 0. The lowest BCUT2D eigenvalue weighted by atomic mass is 9.96. The topological polar surface area (TPSA) is 117 Å². The molecule has 1 aromatic rings. The van der Waals surface area contributed by atoms with Crippen LogP contribution in [-0.4, -0.2) is 44.5 Å². The minimum atomic E-state index is -0.955. The number of aromatic amines is 1. The quantitative estimate of drug-likeness (QED) is 0.543. The van der Waals surface area contributed by atoms with Gasteiger partial charge in [-0.2, -0.15) is 0 Å². The molecule has 1 aliphatic rings. The molecule has 0 aliphatic carbocycles. The molecule has 8 nitrogen and oxygen atoms in total. The number of likely N-dealkylation sites (tertiary alicyclic amines) is 1. The molecule has 0 bridgehead atoms. The maximum Gasteiger partial charge on any atom is 0.286 e. The molecule has 0 spiro atoms. The van der Waals surface area contributed by atoms with Gasteiger partial charge in [-0.25, -0.2) is 0 Å². The molecule has 2 N–H and O–H groups in total. The van der Waals surface area contributed by atoms with Crippen molar-refractivity contribution in [2.24, 2.45) is 0 Å². The van der Waals surface area contributed by atoms with E-state index in [0.29, 0.717) is 0 Å². The summed E-state index contributed by atoms with van der Waals surface area (Å²) in [4.78, 5) is 36.6. The molecule has 0 radical (unpaired) electrons. The first-order valence-corrected chi connectivity index (χ1v) is 5.19. The molecule has 0 atom stereocenters. The number of rotatable bonds is 2. The molecule has 0 unspecified atom stereocenters. The number of carbonyl (C=O) groups is 1. The Kier molecular flexibility index (Phi) is 2.66. The summed E-state index contributed by atoms with van der Waals surface area (Å²) in [6.45, 7) is 1.77. The highest BCUT2D eigenvalue weighted by Crippen LogP contribution is 2.21. The van der Waals surface area contributed by atoms with Crippen LogP contribution in [-0.2, 0) is 0 Å². The van der Waals surface area contributed by atoms with E-state index in [1.54, 1.807) is 6.92 Å². The van der Waals surface area contributed by atoms with Gasteiger partial charge in [0.25, 0.3) is 17.2 Å². The summed E-state index contributed by atoms with van der Waals surface area (Å²) in [5, 5.41) is 20.1. The number of H-pyrrole nitrogens is 1. The van der Waals surface area contributed by atoms with Crippen molar-refractivity contribution >= 4 is 11.6 Å². The van der Waals surface area contributed by atoms with Gasteiger partial charge in [0.15, 0.2) is 0 Å². The van der Waals surface area contributed by atoms with Gasteiger partial charge in [0.1, 0.15) is 5.56 Å². The molecule has 2 rings (SSSR count). The van der Waals surface area contributed by atoms with Crippen molar-refractivity contribution in [3.8, 4) is 0 Å². The van der Waals surface area contributed by atoms with Crippen LogP contribution in [0.25, 0.3) is 0 Å². The first kappa shape index (κ1) is 12.2. The molecule has 18 heavy (non-hydrogen) atoms. The minimum absolute atomic E-state index is 0.105. The van der Waals surface area contributed by atoms with Crippen LogP contribution in [0.4, 0.5) is 5.69 Å². The highest BCUT2D eigenvalue weighted by atomic mass is 16.6. The first-order chi connectivity index (χ1) is 8.30. The Labute approximate surface area is 101 Å². The Morgan fingerprint density at radius 1 is 1.61 bits per heavy atom. The number of hydrogen-bond acceptors (Lipinski definition) is 5. The Hall–Kier alpha value is -2.22. The number of hydrogen-bond donors (Lipinski definition) is 2. The van der Waals surface area contributed by atoms with Gasteiger partial charge in [0.2, 0.25) is 0 Å². The fourth-order valence-corrected chi connectivity index (χ4v) is 1.83. The zero-order chi connectivity index (χ0) is 13.5. The highest BCUT2D eigenvalue weighted by Gasteiger charge is 2.40. The van der Waals surface area contributed by atoms with Crippen LogP contribution in [0.1, 0.15) is 17.3 Å². The molecule has 1 fully saturated rings. The molecule has 96 valence electrons. The second-order valence-corrected chi connectivity index (χ2v) is 4.52. The fourth-order valence-electron chi connectivity index (χ4n) is 1.83. The van der Waals surface area contributed by atoms with E-state index >= 15 is 0 Å². The van der Waals surface area contributed by atoms with Gasteiger partial charge in [0, 0.05) is 6.07 Å². The second kappa shape index (κ2) is 3.91. The third kappa shape index (κ3) is 2.09. The Morgan fingerprint density at radius 2 is 2.22 bits per heavy atom. The van der Waals surface area contributed by atoms with Crippen molar-refractivity contribution in [2.45, 2.75) is 12.5 Å². The molecule has 0 saturated carbocycles. The van der Waals surface area contributed by atoms with Gasteiger partial charge in [-0.05, 0) is 6.92 Å². The minimum Gasteiger partial charge on any atom is -0.386 e. The summed E-state index contributed by atoms with van der Waals surface area (Å²) in [6.07, 6.45) is 0.936. The summed E-state index contributed by atoms with van der Waals surface area (Å²) in [5.74, 6) is -0.619. The van der Waals surface area contributed by atoms with Crippen LogP contribution in [0.3, 0.4) is 0 Å². The van der Waals surface area contributed by atoms with Crippen molar-refractivity contribution in [1.29, 1.82) is 0 Å². The molecule has 1 aromatic heterocycles. The molecule has 1 saturated heterocycles. The lowest BCUT2D eigenvalue weighted by molar-refractivity contribution is -0.385. The monoisotopic (exact) mass is 253 g/mol. The van der Waals surface area contributed by atoms with E-state index in [2.05, 4.69) is 4.98 Å². The van der Waals surface area contributed by atoms with Crippen LogP contribution < -0.4 is 5.56 Å². The zero-order valence-electron chi connectivity index (χ0n) is 9.54. The van der Waals surface area contributed by atoms with Crippen LogP contribution in [0.5, 0.6) is 0 Å². The number of carbonyl (C=O) groups excluding carboxylic acids is 1. The highest BCUT2D eigenvalue weighted by molar-refractivity contribution is 5.95. The summed E-state index contributed by atoms with van der Waals surface area (Å²) in [6, 6.07) is 0.939. The maximum atomic E-state index is 11.9. The number of aliphatic hydroxyl groups is 1. The van der Waals surface area contributed by atoms with Crippen molar-refractivity contribution in [3.63, 3.8) is 0 Å². The Balaban J connectivity index is 2.28. The molecule has 1 amide bonds. The second-order valence-electron chi connectivity index (χ2n) is 4.52. The van der Waals surface area contributed by atoms with E-state index in [9.17, 15) is 24.8 Å². The number of amides is 1. The van der Waals surface area contributed by atoms with E-state index < -0.39 is 22.0 Å². The number of nitrogens with zero attached hydrogens (tertiary/aromatic N) is 2. The smallest absolute Gasteiger partial charge is 0.286 e. The molecule has 0 aromatic carbocycles. The largest absolute Gasteiger partial charge is 0.386 e. The van der Waals surface area contributed by atoms with Crippen molar-refractivity contribution < 1.29 is 14.8 Å². The normalized spacial score (nSPS) is 17.1. The fraction of sp³-hybridized carbons (Fsp3) is 0.400. The number of β-amino-alcohol motifs (C(OH)–C–C–N with tert-alkyl or cyclic N) is 1. The lowest BCUT2D eigenvalue weighted by Crippen LogP contribution is -2.62. The predicted molar refractivity (Wildman–Crippen MR) is 60.2 cm³/mol. The third-order valence-electron chi connectivity index (χ3n) is 2.68. The van der Waals surface area contributed by atoms with Crippen LogP contribution in [0.2, 0.25) is 0 Å². The standard InChI is InChI=1S/C10H11N3O5/c1-10(16)4-12(5-10)9(15)7-2-6(13(17)18)3-11-8(7)14/h2-3,16H,4-5H2,1H3,(H,11,14). The van der Waals surface area contributed by atoms with Crippen LogP contribution >= 0.6 is 0 Å². The van der Waals surface area contributed by atoms with Crippen LogP contribution in [0.15, 0.2) is 17.1 Å². The van der Waals surface area contributed by atoms with Gasteiger partial charge in [-0.15, -0.1) is 0 Å². The maximum absolute atomic E-state index is 11.9. The Morgan fingerprint density at radius 3 is 2.72 bits per heavy atom. The number of nitro groups is 1. The van der Waals surface area contributed by atoms with Crippen LogP contribution in [0, 0.1) is 10.1 Å². The van der Waals surface area contributed by atoms with E-state index in [1.807, 2.05) is 0 Å². The Bertz CT molecular complexity index is 569. The summed E-state index contributed by atoms with van der Waals surface area (Å²) in [5.41, 5.74) is -2.29. The first-order valence-electron chi connectivity index (χ1n) is 5.19. The molecule has 8 heteroatoms. The molecule has 2 heterocycles. The molecular formula is C10H11N3O5. The predicted octanol–water partition coefficient (Wildman–Crippen LogP) is -0.510. The van der Waals surface area contributed by atoms with E-state index in [0.717, 1.165) is 12.3 Å². The lowest BCUT2D eigenvalue weighted by Gasteiger charge is -2.43. The van der Waals surface area contributed by atoms with Gasteiger partial charge in [-0.1, -0.05) is 0 Å². The van der Waals surface area contributed by atoms with E-state index in [4.69, 9.17) is 0 Å². The average molecular weight is 253 g/mol. The number of nitrogens with one attached hydrogen (secondary N) is 1. The van der Waals surface area contributed by atoms with Gasteiger partial charge in [0.05, 0.1) is 29.8 Å². The van der Waals surface area contributed by atoms with Gasteiger partial charge >= 0.3 is 0 Å². The van der Waals surface area contributed by atoms with Gasteiger partial charge in [-0.3, -0.25) is 19.7 Å². The molecular weight excluding hydrogens is 242 g/mol. The van der Waals surface area contributed by atoms with Crippen molar-refractivity contribution in [2.75, 3.05) is 13.1 Å². The molecule has 1 aliphatic heterocycles. The average Bonchev–Trinajstić information content (AvgIpc) is 2.25. The van der Waals surface area contributed by atoms with Crippen molar-refractivity contribution in [1.82, 2.24) is 9.88 Å². The summed E-state index contributed by atoms with van der Waals surface area (Å²) >= 11 is 0. The third-order valence-corrected chi connectivity index (χ3v) is 2.68. The van der Waals surface area contributed by atoms with Crippen molar-refractivity contribution in [3.05, 3.63) is 38.3 Å². The number of pyridine rings is 1. The SMILES string of the molecule is CC1(O)CN(C(=O)c2cc([N+](=O)[O-])c[nH]c2=O)C1.